The number of para-hydroxylation sites is 1. The first-order valence-corrected chi connectivity index (χ1v) is 14.7. The van der Waals surface area contributed by atoms with Gasteiger partial charge in [-0.15, -0.1) is 0 Å². The molecule has 0 aromatic heterocycles. The van der Waals surface area contributed by atoms with Gasteiger partial charge in [-0.25, -0.2) is 0 Å². The molecule has 1 aromatic carbocycles. The van der Waals surface area contributed by atoms with Gasteiger partial charge in [-0.1, -0.05) is 72.4 Å². The third kappa shape index (κ3) is 3.66. The van der Waals surface area contributed by atoms with Crippen LogP contribution in [0.25, 0.3) is 6.08 Å². The number of rotatable bonds is 10. The zero-order valence-corrected chi connectivity index (χ0v) is 18.3. The molecule has 130 valence electrons. The topological polar surface area (TPSA) is 3.24 Å². The van der Waals surface area contributed by atoms with Crippen molar-refractivity contribution in [2.45, 2.75) is 77.8 Å². The predicted molar refractivity (Wildman–Crippen MR) is 113 cm³/mol. The smallest absolute Gasteiger partial charge is 0.147 e. The molecule has 23 heavy (non-hydrogen) atoms. The number of nitrogens with zero attached hydrogens (tertiary/aromatic N) is 1. The Kier molecular flexibility index (Phi) is 7.82. The predicted octanol–water partition coefficient (Wildman–Crippen LogP) is 7.15. The summed E-state index contributed by atoms with van der Waals surface area (Å²) in [5, 5.41) is 0. The highest BCUT2D eigenvalue weighted by molar-refractivity contribution is 7.02. The standard InChI is InChI=1S/C20H37NSi2/c1-8-19-17-15-16-18-20(19)21(22(9-2,10-3)11-4)23(12-5,13-6)14-7/h8,15-18H,1,9-14H2,2-7H3. The summed E-state index contributed by atoms with van der Waals surface area (Å²) in [6.45, 7) is 18.7. The Morgan fingerprint density at radius 1 is 0.783 bits per heavy atom. The van der Waals surface area contributed by atoms with Crippen molar-refractivity contribution in [2.75, 3.05) is 4.23 Å². The third-order valence-electron chi connectivity index (χ3n) is 6.29. The second-order valence-corrected chi connectivity index (χ2v) is 17.2. The average Bonchev–Trinajstić information content (AvgIpc) is 2.63. The van der Waals surface area contributed by atoms with Gasteiger partial charge >= 0.3 is 0 Å². The van der Waals surface area contributed by atoms with Gasteiger partial charge in [-0.05, 0) is 47.9 Å². The van der Waals surface area contributed by atoms with Crippen molar-refractivity contribution < 1.29 is 0 Å². The van der Waals surface area contributed by atoms with Crippen molar-refractivity contribution in [3.63, 3.8) is 0 Å². The maximum atomic E-state index is 4.10. The first-order chi connectivity index (χ1) is 11.0. The van der Waals surface area contributed by atoms with E-state index in [0.717, 1.165) is 0 Å². The van der Waals surface area contributed by atoms with Crippen LogP contribution in [0, 0.1) is 0 Å². The van der Waals surface area contributed by atoms with E-state index in [9.17, 15) is 0 Å². The molecule has 0 aliphatic heterocycles. The molecule has 0 aliphatic carbocycles. The van der Waals surface area contributed by atoms with Crippen LogP contribution in [0.5, 0.6) is 0 Å². The second kappa shape index (κ2) is 8.88. The number of hydrogen-bond acceptors (Lipinski definition) is 1. The van der Waals surface area contributed by atoms with Crippen LogP contribution in [-0.4, -0.2) is 16.5 Å². The molecule has 1 nitrogen and oxygen atoms in total. The Balaban J connectivity index is 3.70. The maximum Gasteiger partial charge on any atom is 0.147 e. The van der Waals surface area contributed by atoms with E-state index in [2.05, 4.69) is 82.7 Å². The largest absolute Gasteiger partial charge is 0.423 e. The van der Waals surface area contributed by atoms with Gasteiger partial charge in [0.05, 0.1) is 0 Å². The molecule has 0 N–H and O–H groups in total. The summed E-state index contributed by atoms with van der Waals surface area (Å²) in [5.74, 6) is 0. The summed E-state index contributed by atoms with van der Waals surface area (Å²) in [6, 6.07) is 17.1. The van der Waals surface area contributed by atoms with Gasteiger partial charge in [0.25, 0.3) is 0 Å². The van der Waals surface area contributed by atoms with E-state index in [1.165, 1.54) is 47.5 Å². The fraction of sp³-hybridized carbons (Fsp3) is 0.600. The van der Waals surface area contributed by atoms with E-state index >= 15 is 0 Å². The maximum absolute atomic E-state index is 4.10. The average molecular weight is 348 g/mol. The van der Waals surface area contributed by atoms with Crippen LogP contribution in [0.1, 0.15) is 47.1 Å². The fourth-order valence-corrected chi connectivity index (χ4v) is 17.5. The summed E-state index contributed by atoms with van der Waals surface area (Å²) in [6.07, 6.45) is 2.06. The monoisotopic (exact) mass is 347 g/mol. The summed E-state index contributed by atoms with van der Waals surface area (Å²) in [4.78, 5) is 0. The van der Waals surface area contributed by atoms with Gasteiger partial charge in [0, 0.05) is 5.69 Å². The first kappa shape index (κ1) is 20.2. The molecule has 0 unspecified atom stereocenters. The molecule has 0 heterocycles. The van der Waals surface area contributed by atoms with Crippen molar-refractivity contribution in [1.82, 2.24) is 0 Å². The normalized spacial score (nSPS) is 12.3. The second-order valence-electron chi connectivity index (χ2n) is 6.67. The van der Waals surface area contributed by atoms with Crippen LogP contribution in [0.3, 0.4) is 0 Å². The number of benzene rings is 1. The van der Waals surface area contributed by atoms with Crippen LogP contribution in [-0.2, 0) is 0 Å². The van der Waals surface area contributed by atoms with Crippen LogP contribution in [0.4, 0.5) is 5.69 Å². The van der Waals surface area contributed by atoms with Gasteiger partial charge in [-0.3, -0.25) is 0 Å². The SMILES string of the molecule is C=Cc1ccccc1N([Si](CC)(CC)CC)[Si](CC)(CC)CC. The highest BCUT2D eigenvalue weighted by Crippen LogP contribution is 2.41. The lowest BCUT2D eigenvalue weighted by Crippen LogP contribution is -2.66. The van der Waals surface area contributed by atoms with Crippen molar-refractivity contribution in [3.05, 3.63) is 36.4 Å². The minimum absolute atomic E-state index is 1.33. The third-order valence-corrected chi connectivity index (χ3v) is 19.4. The minimum atomic E-state index is -1.49. The van der Waals surface area contributed by atoms with Crippen LogP contribution in [0.2, 0.25) is 36.3 Å². The van der Waals surface area contributed by atoms with E-state index in [4.69, 9.17) is 0 Å². The summed E-state index contributed by atoms with van der Waals surface area (Å²) in [7, 11) is -2.97. The van der Waals surface area contributed by atoms with Gasteiger partial charge in [0.15, 0.2) is 0 Å². The number of hydrogen-bond donors (Lipinski definition) is 0. The Morgan fingerprint density at radius 2 is 1.17 bits per heavy atom. The lowest BCUT2D eigenvalue weighted by atomic mass is 10.2. The van der Waals surface area contributed by atoms with Crippen molar-refractivity contribution >= 4 is 28.2 Å². The molecule has 0 bridgehead atoms. The molecule has 0 spiro atoms. The van der Waals surface area contributed by atoms with E-state index in [-0.39, 0.29) is 0 Å². The molecule has 0 amide bonds. The van der Waals surface area contributed by atoms with Crippen molar-refractivity contribution in [1.29, 1.82) is 0 Å². The highest BCUT2D eigenvalue weighted by atomic mass is 28.4. The molecule has 0 radical (unpaired) electrons. The Labute approximate surface area is 147 Å². The molecule has 0 saturated heterocycles. The molecule has 3 heteroatoms. The molecule has 0 aliphatic rings. The van der Waals surface area contributed by atoms with E-state index in [1.54, 1.807) is 0 Å². The summed E-state index contributed by atoms with van der Waals surface area (Å²) in [5.41, 5.74) is 2.81. The minimum Gasteiger partial charge on any atom is -0.423 e. The molecule has 0 saturated carbocycles. The van der Waals surface area contributed by atoms with Crippen molar-refractivity contribution in [2.24, 2.45) is 0 Å². The zero-order valence-electron chi connectivity index (χ0n) is 16.3. The first-order valence-electron chi connectivity index (χ1n) is 9.56. The van der Waals surface area contributed by atoms with E-state index < -0.39 is 16.5 Å². The Bertz CT molecular complexity index is 454. The summed E-state index contributed by atoms with van der Waals surface area (Å²) >= 11 is 0. The molecule has 0 fully saturated rings. The van der Waals surface area contributed by atoms with Crippen LogP contribution < -0.4 is 4.23 Å². The molecular formula is C20H37NSi2. The molecule has 1 rings (SSSR count). The zero-order chi connectivity index (χ0) is 17.5. The van der Waals surface area contributed by atoms with E-state index in [1.807, 2.05) is 0 Å². The Morgan fingerprint density at radius 3 is 1.52 bits per heavy atom. The van der Waals surface area contributed by atoms with Crippen molar-refractivity contribution in [3.8, 4) is 0 Å². The lowest BCUT2D eigenvalue weighted by Gasteiger charge is -2.54. The molecule has 1 aromatic rings. The molecular weight excluding hydrogens is 310 g/mol. The Hall–Kier alpha value is -0.806. The van der Waals surface area contributed by atoms with Gasteiger partial charge in [0.1, 0.15) is 16.5 Å². The number of anilines is 1. The van der Waals surface area contributed by atoms with Gasteiger partial charge < -0.3 is 4.23 Å². The van der Waals surface area contributed by atoms with Gasteiger partial charge in [-0.2, -0.15) is 0 Å². The summed E-state index contributed by atoms with van der Waals surface area (Å²) < 4.78 is 3.07. The van der Waals surface area contributed by atoms with Crippen LogP contribution >= 0.6 is 0 Å². The van der Waals surface area contributed by atoms with Crippen LogP contribution in [0.15, 0.2) is 30.8 Å². The highest BCUT2D eigenvalue weighted by Gasteiger charge is 2.46. The quantitative estimate of drug-likeness (QED) is 0.406. The molecule has 0 atom stereocenters. The van der Waals surface area contributed by atoms with E-state index in [0.29, 0.717) is 0 Å². The van der Waals surface area contributed by atoms with Gasteiger partial charge in [0.2, 0.25) is 0 Å². The lowest BCUT2D eigenvalue weighted by molar-refractivity contribution is 1.06. The fourth-order valence-electron chi connectivity index (χ4n) is 4.33.